The van der Waals surface area contributed by atoms with Crippen molar-refractivity contribution in [3.8, 4) is 11.4 Å². The monoisotopic (exact) mass is 506 g/mol. The van der Waals surface area contributed by atoms with Crippen molar-refractivity contribution in [2.75, 3.05) is 25.0 Å². The molecular formula is C25H26N6O4S. The average molecular weight is 507 g/mol. The zero-order chi connectivity index (χ0) is 25.2. The van der Waals surface area contributed by atoms with Crippen LogP contribution in [-0.4, -0.2) is 62.6 Å². The highest BCUT2D eigenvalue weighted by Gasteiger charge is 2.30. The molecule has 1 aliphatic heterocycles. The number of pyridine rings is 1. The van der Waals surface area contributed by atoms with E-state index < -0.39 is 5.97 Å². The minimum Gasteiger partial charge on any atom is -0.461 e. The van der Waals surface area contributed by atoms with Gasteiger partial charge in [-0.15, -0.1) is 11.3 Å². The van der Waals surface area contributed by atoms with Crippen LogP contribution in [0.5, 0.6) is 0 Å². The van der Waals surface area contributed by atoms with Gasteiger partial charge in [-0.05, 0) is 37.3 Å². The molecule has 1 N–H and O–H groups in total. The molecule has 1 atom stereocenters. The quantitative estimate of drug-likeness (QED) is 0.366. The molecular weight excluding hydrogens is 480 g/mol. The third kappa shape index (κ3) is 4.78. The largest absolute Gasteiger partial charge is 0.461 e. The summed E-state index contributed by atoms with van der Waals surface area (Å²) in [5, 5.41) is 9.79. The number of aryl methyl sites for hydroxylation is 2. The molecule has 10 nitrogen and oxygen atoms in total. The summed E-state index contributed by atoms with van der Waals surface area (Å²) < 4.78 is 10.3. The maximum Gasteiger partial charge on any atom is 0.350 e. The van der Waals surface area contributed by atoms with Crippen molar-refractivity contribution in [2.24, 2.45) is 0 Å². The summed E-state index contributed by atoms with van der Waals surface area (Å²) in [6, 6.07) is 7.92. The van der Waals surface area contributed by atoms with E-state index in [4.69, 9.17) is 9.26 Å². The summed E-state index contributed by atoms with van der Waals surface area (Å²) in [7, 11) is 0. The lowest BCUT2D eigenvalue weighted by atomic mass is 10.1. The van der Waals surface area contributed by atoms with Gasteiger partial charge in [-0.2, -0.15) is 4.98 Å². The fourth-order valence-corrected chi connectivity index (χ4v) is 5.10. The zero-order valence-electron chi connectivity index (χ0n) is 20.3. The van der Waals surface area contributed by atoms with E-state index in [1.807, 2.05) is 31.2 Å². The summed E-state index contributed by atoms with van der Waals surface area (Å²) in [4.78, 5) is 40.7. The lowest BCUT2D eigenvalue weighted by molar-refractivity contribution is 0.0509. The van der Waals surface area contributed by atoms with Crippen LogP contribution < -0.4 is 5.32 Å². The predicted octanol–water partition coefficient (Wildman–Crippen LogP) is 4.25. The van der Waals surface area contributed by atoms with Gasteiger partial charge in [0.05, 0.1) is 12.3 Å². The van der Waals surface area contributed by atoms with Crippen LogP contribution in [0.4, 0.5) is 5.82 Å². The summed E-state index contributed by atoms with van der Waals surface area (Å²) in [6.07, 6.45) is 3.27. The number of ether oxygens (including phenoxy) is 1. The Hall–Kier alpha value is -3.86. The first-order chi connectivity index (χ1) is 17.4. The number of nitrogens with zero attached hydrogens (tertiary/aromatic N) is 5. The molecule has 5 rings (SSSR count). The Morgan fingerprint density at radius 2 is 2.11 bits per heavy atom. The number of rotatable bonds is 7. The summed E-state index contributed by atoms with van der Waals surface area (Å²) in [6.45, 7) is 6.85. The summed E-state index contributed by atoms with van der Waals surface area (Å²) >= 11 is 1.09. The molecule has 186 valence electrons. The third-order valence-electron chi connectivity index (χ3n) is 5.97. The molecule has 1 unspecified atom stereocenters. The van der Waals surface area contributed by atoms with E-state index in [1.54, 1.807) is 24.9 Å². The van der Waals surface area contributed by atoms with E-state index in [0.717, 1.165) is 46.3 Å². The van der Waals surface area contributed by atoms with Crippen molar-refractivity contribution in [3.63, 3.8) is 0 Å². The first-order valence-electron chi connectivity index (χ1n) is 11.8. The minimum atomic E-state index is -0.427. The van der Waals surface area contributed by atoms with Crippen molar-refractivity contribution in [3.05, 3.63) is 51.9 Å². The number of nitrogens with one attached hydrogen (secondary N) is 1. The molecule has 36 heavy (non-hydrogen) atoms. The molecule has 0 aliphatic carbocycles. The predicted molar refractivity (Wildman–Crippen MR) is 135 cm³/mol. The van der Waals surface area contributed by atoms with Crippen molar-refractivity contribution in [2.45, 2.75) is 39.7 Å². The molecule has 0 spiro atoms. The lowest BCUT2D eigenvalue weighted by Gasteiger charge is -2.17. The fourth-order valence-electron chi connectivity index (χ4n) is 4.17. The molecule has 0 radical (unpaired) electrons. The number of amides is 1. The van der Waals surface area contributed by atoms with Crippen LogP contribution in [0.2, 0.25) is 0 Å². The number of aromatic nitrogens is 4. The number of likely N-dealkylation sites (tertiary alicyclic amines) is 1. The van der Waals surface area contributed by atoms with Crippen LogP contribution >= 0.6 is 11.3 Å². The standard InChI is InChI=1S/C25H26N6O4S/c1-4-11-34-25(33)20-14(2)27-23(36-20)24(32)31-10-8-18(13-31)29-22-19-12-17(21-28-15(3)35-30-21)6-5-16(19)7-9-26-22/h5-7,9,12,18H,4,8,10-11,13H2,1-3H3,(H,26,29). The molecule has 1 fully saturated rings. The number of carbonyl (C=O) groups excluding carboxylic acids is 2. The van der Waals surface area contributed by atoms with Crippen molar-refractivity contribution >= 4 is 39.8 Å². The number of benzene rings is 1. The van der Waals surface area contributed by atoms with Gasteiger partial charge in [0, 0.05) is 43.2 Å². The van der Waals surface area contributed by atoms with Gasteiger partial charge in [-0.1, -0.05) is 24.2 Å². The van der Waals surface area contributed by atoms with Gasteiger partial charge in [-0.25, -0.2) is 14.8 Å². The fraction of sp³-hybridized carbons (Fsp3) is 0.360. The second kappa shape index (κ2) is 10.0. The Kier molecular flexibility index (Phi) is 6.64. The van der Waals surface area contributed by atoms with Crippen LogP contribution in [0.25, 0.3) is 22.2 Å². The van der Waals surface area contributed by atoms with Crippen LogP contribution in [0.3, 0.4) is 0 Å². The molecule has 1 amide bonds. The zero-order valence-corrected chi connectivity index (χ0v) is 21.1. The van der Waals surface area contributed by atoms with E-state index in [-0.39, 0.29) is 11.9 Å². The van der Waals surface area contributed by atoms with Crippen molar-refractivity contribution in [1.29, 1.82) is 0 Å². The maximum absolute atomic E-state index is 13.1. The normalized spacial score (nSPS) is 15.4. The molecule has 3 aromatic heterocycles. The Bertz CT molecular complexity index is 1430. The molecule has 1 saturated heterocycles. The highest BCUT2D eigenvalue weighted by atomic mass is 32.1. The van der Waals surface area contributed by atoms with Gasteiger partial charge in [0.1, 0.15) is 10.7 Å². The minimum absolute atomic E-state index is 0.0261. The molecule has 4 heterocycles. The molecule has 1 aromatic carbocycles. The van der Waals surface area contributed by atoms with E-state index in [0.29, 0.717) is 47.0 Å². The number of carbonyl (C=O) groups is 2. The lowest BCUT2D eigenvalue weighted by Crippen LogP contribution is -2.31. The summed E-state index contributed by atoms with van der Waals surface area (Å²) in [5.41, 5.74) is 1.36. The van der Waals surface area contributed by atoms with Crippen molar-refractivity contribution < 1.29 is 18.8 Å². The average Bonchev–Trinajstić information content (AvgIpc) is 3.62. The number of esters is 1. The Morgan fingerprint density at radius 1 is 1.25 bits per heavy atom. The number of thiazole rings is 1. The van der Waals surface area contributed by atoms with Gasteiger partial charge in [0.25, 0.3) is 5.91 Å². The number of hydrogen-bond acceptors (Lipinski definition) is 10. The van der Waals surface area contributed by atoms with Crippen LogP contribution in [-0.2, 0) is 4.74 Å². The SMILES string of the molecule is CCCOC(=O)c1sc(C(=O)N2CCC(Nc3nccc4ccc(-c5noc(C)n5)cc34)C2)nc1C. The number of anilines is 1. The summed E-state index contributed by atoms with van der Waals surface area (Å²) in [5.74, 6) is 1.16. The number of hydrogen-bond donors (Lipinski definition) is 1. The highest BCUT2D eigenvalue weighted by molar-refractivity contribution is 7.15. The van der Waals surface area contributed by atoms with Gasteiger partial charge >= 0.3 is 5.97 Å². The van der Waals surface area contributed by atoms with Crippen LogP contribution in [0, 0.1) is 13.8 Å². The Balaban J connectivity index is 1.30. The van der Waals surface area contributed by atoms with Gasteiger partial charge in [0.15, 0.2) is 5.01 Å². The molecule has 0 saturated carbocycles. The van der Waals surface area contributed by atoms with E-state index in [2.05, 4.69) is 25.4 Å². The van der Waals surface area contributed by atoms with Gasteiger partial charge in [0.2, 0.25) is 11.7 Å². The van der Waals surface area contributed by atoms with Gasteiger partial charge < -0.3 is 19.5 Å². The molecule has 0 bridgehead atoms. The van der Waals surface area contributed by atoms with Crippen molar-refractivity contribution in [1.82, 2.24) is 25.0 Å². The topological polar surface area (TPSA) is 123 Å². The molecule has 11 heteroatoms. The third-order valence-corrected chi connectivity index (χ3v) is 7.10. The van der Waals surface area contributed by atoms with Gasteiger partial charge in [-0.3, -0.25) is 4.79 Å². The first kappa shape index (κ1) is 23.9. The van der Waals surface area contributed by atoms with Crippen LogP contribution in [0.15, 0.2) is 35.0 Å². The highest BCUT2D eigenvalue weighted by Crippen LogP contribution is 2.29. The first-order valence-corrected chi connectivity index (χ1v) is 12.6. The van der Waals surface area contributed by atoms with Crippen LogP contribution in [0.1, 0.15) is 50.8 Å². The van der Waals surface area contributed by atoms with E-state index in [9.17, 15) is 9.59 Å². The Labute approximate surface area is 211 Å². The molecule has 1 aliphatic rings. The second-order valence-electron chi connectivity index (χ2n) is 8.68. The maximum atomic E-state index is 13.1. The van der Waals surface area contributed by atoms with E-state index in [1.165, 1.54) is 0 Å². The molecule has 4 aromatic rings. The smallest absolute Gasteiger partial charge is 0.350 e. The number of fused-ring (bicyclic) bond motifs is 1. The second-order valence-corrected chi connectivity index (χ2v) is 9.68. The van der Waals surface area contributed by atoms with E-state index >= 15 is 0 Å². The Morgan fingerprint density at radius 3 is 2.89 bits per heavy atom.